The molecule has 4 rings (SSSR count). The van der Waals surface area contributed by atoms with Gasteiger partial charge in [0, 0.05) is 25.4 Å². The number of carbonyl (C=O) groups excluding carboxylic acids is 2. The van der Waals surface area contributed by atoms with Gasteiger partial charge in [-0.2, -0.15) is 0 Å². The largest absolute Gasteiger partial charge is 0.488 e. The number of nitrogens with zero attached hydrogens (tertiary/aromatic N) is 3. The predicted octanol–water partition coefficient (Wildman–Crippen LogP) is 7.77. The molecule has 2 heterocycles. The van der Waals surface area contributed by atoms with Crippen molar-refractivity contribution < 1.29 is 23.8 Å². The first kappa shape index (κ1) is 33.1. The number of amides is 1. The Morgan fingerprint density at radius 1 is 1.05 bits per heavy atom. The normalized spacial score (nSPS) is 11.7. The van der Waals surface area contributed by atoms with Crippen molar-refractivity contribution >= 4 is 23.2 Å². The third kappa shape index (κ3) is 9.04. The number of pyridine rings is 1. The van der Waals surface area contributed by atoms with Crippen LogP contribution in [0.3, 0.4) is 0 Å². The van der Waals surface area contributed by atoms with Crippen LogP contribution >= 0.6 is 0 Å². The molecule has 0 aliphatic carbocycles. The Labute approximate surface area is 254 Å². The molecule has 2 aromatic heterocycles. The highest BCUT2D eigenvalue weighted by Crippen LogP contribution is 2.30. The second-order valence-corrected chi connectivity index (χ2v) is 11.0. The van der Waals surface area contributed by atoms with E-state index in [0.717, 1.165) is 29.5 Å². The van der Waals surface area contributed by atoms with Crippen molar-refractivity contribution in [2.75, 3.05) is 20.7 Å². The highest BCUT2D eigenvalue weighted by Gasteiger charge is 2.21. The van der Waals surface area contributed by atoms with Crippen molar-refractivity contribution in [2.45, 2.75) is 72.5 Å². The summed E-state index contributed by atoms with van der Waals surface area (Å²) in [4.78, 5) is 39.2. The quantitative estimate of drug-likeness (QED) is 0.189. The Kier molecular flexibility index (Phi) is 11.7. The molecule has 0 saturated heterocycles. The minimum atomic E-state index is -0.532. The van der Waals surface area contributed by atoms with Crippen LogP contribution in [0, 0.1) is 0 Å². The lowest BCUT2D eigenvalue weighted by atomic mass is 9.94. The van der Waals surface area contributed by atoms with Gasteiger partial charge in [-0.15, -0.1) is 0 Å². The van der Waals surface area contributed by atoms with Crippen LogP contribution in [0.5, 0.6) is 5.75 Å². The molecule has 0 aliphatic heterocycles. The van der Waals surface area contributed by atoms with E-state index < -0.39 is 11.6 Å². The topological polar surface area (TPSA) is 107 Å². The fourth-order valence-electron chi connectivity index (χ4n) is 4.47. The van der Waals surface area contributed by atoms with E-state index in [4.69, 9.17) is 14.2 Å². The van der Waals surface area contributed by atoms with Crippen molar-refractivity contribution in [3.8, 4) is 17.1 Å². The molecule has 9 heteroatoms. The molecule has 1 amide bonds. The molecule has 9 nitrogen and oxygen atoms in total. The highest BCUT2D eigenvalue weighted by molar-refractivity contribution is 5.94. The van der Waals surface area contributed by atoms with E-state index >= 15 is 0 Å². The molecular formula is C34H44N4O5. The summed E-state index contributed by atoms with van der Waals surface area (Å²) in [6.45, 7) is 12.6. The molecule has 1 unspecified atom stereocenters. The second kappa shape index (κ2) is 15.2. The summed E-state index contributed by atoms with van der Waals surface area (Å²) in [6.07, 6.45) is 3.17. The first-order valence-corrected chi connectivity index (χ1v) is 14.8. The minimum Gasteiger partial charge on any atom is -0.488 e. The van der Waals surface area contributed by atoms with Crippen LogP contribution in [0.4, 0.5) is 4.79 Å². The number of H-pyrrole nitrogens is 1. The number of aromatic amines is 1. The van der Waals surface area contributed by atoms with Gasteiger partial charge in [-0.1, -0.05) is 51.1 Å². The molecule has 0 saturated carbocycles. The van der Waals surface area contributed by atoms with E-state index in [0.29, 0.717) is 41.5 Å². The molecule has 1 atom stereocenters. The number of hydrogen-bond acceptors (Lipinski definition) is 7. The van der Waals surface area contributed by atoms with Crippen LogP contribution in [0.1, 0.15) is 81.8 Å². The predicted molar refractivity (Wildman–Crippen MR) is 169 cm³/mol. The number of fused-ring (bicyclic) bond motifs is 1. The van der Waals surface area contributed by atoms with E-state index in [1.54, 1.807) is 24.1 Å². The molecule has 43 heavy (non-hydrogen) atoms. The van der Waals surface area contributed by atoms with Crippen molar-refractivity contribution in [3.63, 3.8) is 0 Å². The number of hydrogen-bond donors (Lipinski definition) is 1. The number of ether oxygens (including phenoxy) is 3. The third-order valence-electron chi connectivity index (χ3n) is 6.74. The maximum atomic E-state index is 12.6. The second-order valence-electron chi connectivity index (χ2n) is 11.0. The summed E-state index contributed by atoms with van der Waals surface area (Å²) >= 11 is 0. The average Bonchev–Trinajstić information content (AvgIpc) is 3.44. The van der Waals surface area contributed by atoms with Crippen molar-refractivity contribution in [1.82, 2.24) is 19.9 Å². The van der Waals surface area contributed by atoms with E-state index in [9.17, 15) is 9.59 Å². The van der Waals surface area contributed by atoms with Crippen molar-refractivity contribution in [1.29, 1.82) is 0 Å². The van der Waals surface area contributed by atoms with Crippen LogP contribution in [0.2, 0.25) is 0 Å². The first-order chi connectivity index (χ1) is 20.6. The molecule has 0 spiro atoms. The Bertz CT molecular complexity index is 1490. The lowest BCUT2D eigenvalue weighted by Gasteiger charge is -2.26. The molecule has 0 radical (unpaired) electrons. The van der Waals surface area contributed by atoms with Crippen LogP contribution in [-0.4, -0.2) is 58.2 Å². The summed E-state index contributed by atoms with van der Waals surface area (Å²) in [6, 6.07) is 17.1. The van der Waals surface area contributed by atoms with Crippen LogP contribution in [-0.2, 0) is 16.1 Å². The van der Waals surface area contributed by atoms with Crippen molar-refractivity contribution in [3.05, 3.63) is 77.5 Å². The Morgan fingerprint density at radius 3 is 2.42 bits per heavy atom. The van der Waals surface area contributed by atoms with Gasteiger partial charge in [0.05, 0.1) is 12.6 Å². The SMILES string of the molecule is CC.CCC(CCN(C)C(=O)OC(C)(C)C)c1cnc2nc(-c3ccc(OCc4ccccc4)c(C(=O)OC)c3)[nH]c2c1. The Morgan fingerprint density at radius 2 is 1.77 bits per heavy atom. The van der Waals surface area contributed by atoms with Gasteiger partial charge in [0.2, 0.25) is 0 Å². The first-order valence-electron chi connectivity index (χ1n) is 14.8. The molecule has 0 fully saturated rings. The smallest absolute Gasteiger partial charge is 0.410 e. The summed E-state index contributed by atoms with van der Waals surface area (Å²) in [5, 5.41) is 0. The minimum absolute atomic E-state index is 0.204. The molecule has 1 N–H and O–H groups in total. The van der Waals surface area contributed by atoms with Gasteiger partial charge in [0.25, 0.3) is 0 Å². The molecule has 230 valence electrons. The average molecular weight is 589 g/mol. The molecule has 2 aromatic carbocycles. The maximum absolute atomic E-state index is 12.6. The van der Waals surface area contributed by atoms with Crippen molar-refractivity contribution in [2.24, 2.45) is 0 Å². The van der Waals surface area contributed by atoms with E-state index in [1.165, 1.54) is 7.11 Å². The summed E-state index contributed by atoms with van der Waals surface area (Å²) in [5.74, 6) is 0.731. The van der Waals surface area contributed by atoms with Crippen LogP contribution < -0.4 is 4.74 Å². The van der Waals surface area contributed by atoms with E-state index in [1.807, 2.05) is 77.2 Å². The number of aromatic nitrogens is 3. The zero-order valence-corrected chi connectivity index (χ0v) is 26.6. The lowest BCUT2D eigenvalue weighted by Crippen LogP contribution is -2.35. The van der Waals surface area contributed by atoms with Gasteiger partial charge in [-0.3, -0.25) is 0 Å². The zero-order valence-electron chi connectivity index (χ0n) is 26.6. The van der Waals surface area contributed by atoms with Gasteiger partial charge in [-0.05, 0) is 74.9 Å². The lowest BCUT2D eigenvalue weighted by molar-refractivity contribution is 0.0293. The Balaban J connectivity index is 0.00000248. The fraction of sp³-hybridized carbons (Fsp3) is 0.412. The Hall–Kier alpha value is -4.40. The number of carbonyl (C=O) groups is 2. The molecular weight excluding hydrogens is 544 g/mol. The number of benzene rings is 2. The van der Waals surface area contributed by atoms with E-state index in [2.05, 4.69) is 27.9 Å². The van der Waals surface area contributed by atoms with Gasteiger partial charge in [0.1, 0.15) is 29.3 Å². The summed E-state index contributed by atoms with van der Waals surface area (Å²) < 4.78 is 16.4. The van der Waals surface area contributed by atoms with Gasteiger partial charge in [0.15, 0.2) is 5.65 Å². The monoisotopic (exact) mass is 588 g/mol. The van der Waals surface area contributed by atoms with Gasteiger partial charge < -0.3 is 24.1 Å². The zero-order chi connectivity index (χ0) is 31.6. The summed E-state index contributed by atoms with van der Waals surface area (Å²) in [5.41, 5.74) is 3.92. The number of rotatable bonds is 10. The number of imidazole rings is 1. The van der Waals surface area contributed by atoms with Gasteiger partial charge >= 0.3 is 12.1 Å². The molecule has 0 bridgehead atoms. The molecule has 4 aromatic rings. The van der Waals surface area contributed by atoms with Crippen LogP contribution in [0.25, 0.3) is 22.6 Å². The van der Waals surface area contributed by atoms with Gasteiger partial charge in [-0.25, -0.2) is 19.6 Å². The number of esters is 1. The highest BCUT2D eigenvalue weighted by atomic mass is 16.6. The van der Waals surface area contributed by atoms with E-state index in [-0.39, 0.29) is 12.0 Å². The fourth-order valence-corrected chi connectivity index (χ4v) is 4.47. The third-order valence-corrected chi connectivity index (χ3v) is 6.74. The number of methoxy groups -OCH3 is 1. The standard InChI is InChI=1S/C32H38N4O5.C2H6/c1-7-22(15-16-36(5)31(38)41-32(2,3)4)24-18-26-29(33-19-24)35-28(34-26)23-13-14-27(25(17-23)30(37)39-6)40-20-21-11-9-8-10-12-21;1-2/h8-14,17-19,22H,7,15-16,20H2,1-6H3,(H,33,34,35);1-2H3. The maximum Gasteiger partial charge on any atom is 0.410 e. The summed E-state index contributed by atoms with van der Waals surface area (Å²) in [7, 11) is 3.10. The number of nitrogens with one attached hydrogen (secondary N) is 1. The molecule has 0 aliphatic rings. The van der Waals surface area contributed by atoms with Crippen LogP contribution in [0.15, 0.2) is 60.8 Å².